The molecule has 2 rings (SSSR count). The molecule has 0 unspecified atom stereocenters. The Bertz CT molecular complexity index is 537. The summed E-state index contributed by atoms with van der Waals surface area (Å²) < 4.78 is 0. The fraction of sp³-hybridized carbons (Fsp3) is 0.286. The molecule has 0 saturated carbocycles. The van der Waals surface area contributed by atoms with Gasteiger partial charge in [0.1, 0.15) is 0 Å². The number of hydrogen-bond donors (Lipinski definition) is 0. The summed E-state index contributed by atoms with van der Waals surface area (Å²) in [5.41, 5.74) is 0.595. The van der Waals surface area contributed by atoms with E-state index in [9.17, 15) is 9.59 Å². The first kappa shape index (κ1) is 11.4. The minimum Gasteiger partial charge on any atom is -0.274 e. The Morgan fingerprint density at radius 2 is 2.06 bits per heavy atom. The van der Waals surface area contributed by atoms with Crippen LogP contribution in [0.15, 0.2) is 24.3 Å². The van der Waals surface area contributed by atoms with E-state index in [1.54, 1.807) is 38.1 Å². The number of carbonyl (C=O) groups is 2. The van der Waals surface area contributed by atoms with Crippen molar-refractivity contribution >= 4 is 17.5 Å². The summed E-state index contributed by atoms with van der Waals surface area (Å²) in [7, 11) is 0. The lowest BCUT2D eigenvalue weighted by Gasteiger charge is -2.17. The molecule has 0 atom stereocenters. The van der Waals surface area contributed by atoms with E-state index in [1.165, 1.54) is 4.90 Å². The second-order valence-electron chi connectivity index (χ2n) is 4.79. The van der Waals surface area contributed by atoms with E-state index in [0.717, 1.165) is 0 Å². The fourth-order valence-corrected chi connectivity index (χ4v) is 1.94. The summed E-state index contributed by atoms with van der Waals surface area (Å²) in [5.74, 6) is 2.15. The molecule has 3 nitrogen and oxygen atoms in total. The van der Waals surface area contributed by atoms with Crippen LogP contribution in [0.4, 0.5) is 5.69 Å². The molecule has 3 heteroatoms. The fourth-order valence-electron chi connectivity index (χ4n) is 1.94. The zero-order chi connectivity index (χ0) is 12.6. The summed E-state index contributed by atoms with van der Waals surface area (Å²) in [6, 6.07) is 6.91. The van der Waals surface area contributed by atoms with Crippen LogP contribution in [0, 0.1) is 17.8 Å². The molecule has 1 aliphatic heterocycles. The minimum atomic E-state index is -0.622. The van der Waals surface area contributed by atoms with Crippen molar-refractivity contribution < 1.29 is 9.59 Å². The van der Waals surface area contributed by atoms with E-state index in [2.05, 4.69) is 5.92 Å². The molecule has 0 N–H and O–H groups in total. The smallest absolute Gasteiger partial charge is 0.239 e. The average Bonchev–Trinajstić information content (AvgIpc) is 2.48. The number of rotatable bonds is 1. The third-order valence-corrected chi connectivity index (χ3v) is 2.90. The van der Waals surface area contributed by atoms with Crippen molar-refractivity contribution in [2.45, 2.75) is 20.3 Å². The summed E-state index contributed by atoms with van der Waals surface area (Å²) in [6.07, 6.45) is 5.54. The number of hydrogen-bond acceptors (Lipinski definition) is 2. The third kappa shape index (κ3) is 1.83. The van der Waals surface area contributed by atoms with Crippen LogP contribution in [0.1, 0.15) is 25.8 Å². The normalized spacial score (nSPS) is 18.3. The van der Waals surface area contributed by atoms with Crippen LogP contribution < -0.4 is 4.90 Å². The molecule has 1 aliphatic rings. The second-order valence-corrected chi connectivity index (χ2v) is 4.79. The van der Waals surface area contributed by atoms with Gasteiger partial charge in [-0.1, -0.05) is 25.8 Å². The molecular weight excluding hydrogens is 214 g/mol. The highest BCUT2D eigenvalue weighted by atomic mass is 16.2. The van der Waals surface area contributed by atoms with Crippen LogP contribution in [0.2, 0.25) is 0 Å². The number of amides is 2. The molecular formula is C14H13NO2. The number of terminal acetylenes is 1. The Balaban J connectivity index is 2.44. The maximum atomic E-state index is 12.1. The van der Waals surface area contributed by atoms with E-state index >= 15 is 0 Å². The van der Waals surface area contributed by atoms with Crippen molar-refractivity contribution in [1.82, 2.24) is 0 Å². The molecule has 0 aliphatic carbocycles. The van der Waals surface area contributed by atoms with Crippen molar-refractivity contribution in [2.75, 3.05) is 4.90 Å². The maximum absolute atomic E-state index is 12.1. The van der Waals surface area contributed by atoms with Crippen LogP contribution >= 0.6 is 0 Å². The Hall–Kier alpha value is -2.08. The lowest BCUT2D eigenvalue weighted by molar-refractivity contribution is -0.124. The second kappa shape index (κ2) is 3.74. The first-order chi connectivity index (χ1) is 7.95. The zero-order valence-electron chi connectivity index (χ0n) is 9.86. The molecule has 0 aromatic heterocycles. The zero-order valence-corrected chi connectivity index (χ0v) is 9.86. The van der Waals surface area contributed by atoms with Gasteiger partial charge in [0.05, 0.1) is 11.1 Å². The molecule has 2 amide bonds. The van der Waals surface area contributed by atoms with Gasteiger partial charge in [-0.25, -0.2) is 0 Å². The summed E-state index contributed by atoms with van der Waals surface area (Å²) in [6.45, 7) is 3.55. The van der Waals surface area contributed by atoms with Gasteiger partial charge in [0.25, 0.3) is 0 Å². The predicted molar refractivity (Wildman–Crippen MR) is 65.3 cm³/mol. The van der Waals surface area contributed by atoms with Crippen molar-refractivity contribution in [3.63, 3.8) is 0 Å². The molecule has 1 aromatic rings. The Morgan fingerprint density at radius 3 is 2.59 bits per heavy atom. The number of benzene rings is 1. The van der Waals surface area contributed by atoms with Crippen LogP contribution in [-0.4, -0.2) is 11.8 Å². The molecule has 17 heavy (non-hydrogen) atoms. The monoisotopic (exact) mass is 227 g/mol. The SMILES string of the molecule is C#Cc1cccc(N2C(=O)CC(C)(C)C2=O)c1. The van der Waals surface area contributed by atoms with Gasteiger partial charge < -0.3 is 0 Å². The average molecular weight is 227 g/mol. The van der Waals surface area contributed by atoms with E-state index in [-0.39, 0.29) is 18.2 Å². The molecule has 1 saturated heterocycles. The quantitative estimate of drug-likeness (QED) is 0.543. The van der Waals surface area contributed by atoms with Gasteiger partial charge in [0, 0.05) is 12.0 Å². The topological polar surface area (TPSA) is 37.4 Å². The highest BCUT2D eigenvalue weighted by Crippen LogP contribution is 2.35. The number of nitrogens with zero attached hydrogens (tertiary/aromatic N) is 1. The standard InChI is InChI=1S/C14H13NO2/c1-4-10-6-5-7-11(8-10)15-12(16)9-14(2,3)13(15)17/h1,5-8H,9H2,2-3H3. The van der Waals surface area contributed by atoms with E-state index in [1.807, 2.05) is 0 Å². The number of imide groups is 1. The lowest BCUT2D eigenvalue weighted by atomic mass is 9.92. The highest BCUT2D eigenvalue weighted by molar-refractivity contribution is 6.22. The van der Waals surface area contributed by atoms with E-state index in [4.69, 9.17) is 6.42 Å². The van der Waals surface area contributed by atoms with Gasteiger partial charge in [0.15, 0.2) is 0 Å². The minimum absolute atomic E-state index is 0.170. The molecule has 1 fully saturated rings. The van der Waals surface area contributed by atoms with Crippen LogP contribution in [0.3, 0.4) is 0 Å². The van der Waals surface area contributed by atoms with Crippen molar-refractivity contribution in [1.29, 1.82) is 0 Å². The predicted octanol–water partition coefficient (Wildman–Crippen LogP) is 1.96. The molecule has 0 spiro atoms. The van der Waals surface area contributed by atoms with Gasteiger partial charge >= 0.3 is 0 Å². The van der Waals surface area contributed by atoms with Crippen molar-refractivity contribution in [2.24, 2.45) is 5.41 Å². The van der Waals surface area contributed by atoms with Gasteiger partial charge in [-0.15, -0.1) is 6.42 Å². The highest BCUT2D eigenvalue weighted by Gasteiger charge is 2.45. The van der Waals surface area contributed by atoms with Crippen molar-refractivity contribution in [3.05, 3.63) is 29.8 Å². The van der Waals surface area contributed by atoms with Gasteiger partial charge in [-0.2, -0.15) is 0 Å². The Kier molecular flexibility index (Phi) is 2.51. The van der Waals surface area contributed by atoms with E-state index in [0.29, 0.717) is 11.3 Å². The van der Waals surface area contributed by atoms with Gasteiger partial charge in [0.2, 0.25) is 11.8 Å². The Morgan fingerprint density at radius 1 is 1.35 bits per heavy atom. The van der Waals surface area contributed by atoms with Crippen LogP contribution in [-0.2, 0) is 9.59 Å². The summed E-state index contributed by atoms with van der Waals surface area (Å²) >= 11 is 0. The molecule has 1 heterocycles. The van der Waals surface area contributed by atoms with E-state index < -0.39 is 5.41 Å². The lowest BCUT2D eigenvalue weighted by Crippen LogP contribution is -2.32. The first-order valence-electron chi connectivity index (χ1n) is 5.40. The number of anilines is 1. The van der Waals surface area contributed by atoms with Gasteiger partial charge in [-0.3, -0.25) is 14.5 Å². The van der Waals surface area contributed by atoms with Crippen LogP contribution in [0.25, 0.3) is 0 Å². The summed E-state index contributed by atoms with van der Waals surface area (Å²) in [5, 5.41) is 0. The van der Waals surface area contributed by atoms with Gasteiger partial charge in [-0.05, 0) is 18.2 Å². The Labute approximate surface area is 100 Å². The largest absolute Gasteiger partial charge is 0.274 e. The molecule has 86 valence electrons. The molecule has 0 bridgehead atoms. The number of carbonyl (C=O) groups excluding carboxylic acids is 2. The first-order valence-corrected chi connectivity index (χ1v) is 5.40. The maximum Gasteiger partial charge on any atom is 0.239 e. The van der Waals surface area contributed by atoms with Crippen molar-refractivity contribution in [3.8, 4) is 12.3 Å². The molecule has 0 radical (unpaired) electrons. The summed E-state index contributed by atoms with van der Waals surface area (Å²) in [4.78, 5) is 25.2. The molecule has 1 aromatic carbocycles. The third-order valence-electron chi connectivity index (χ3n) is 2.90. The van der Waals surface area contributed by atoms with Crippen LogP contribution in [0.5, 0.6) is 0 Å².